The second-order valence-corrected chi connectivity index (χ2v) is 2.70. The summed E-state index contributed by atoms with van der Waals surface area (Å²) in [6.45, 7) is 2.98. The smallest absolute Gasteiger partial charge is 0.00886 e. The van der Waals surface area contributed by atoms with Crippen LogP contribution in [0.2, 0.25) is 0 Å². The zero-order valence-electron chi connectivity index (χ0n) is 7.53. The molecule has 0 unspecified atom stereocenters. The SMILES string of the molecule is CCCC#CCCCCCN. The maximum Gasteiger partial charge on any atom is 0.00886 e. The largest absolute Gasteiger partial charge is 0.330 e. The van der Waals surface area contributed by atoms with Gasteiger partial charge in [-0.15, -0.1) is 11.8 Å². The molecule has 11 heavy (non-hydrogen) atoms. The van der Waals surface area contributed by atoms with Crippen molar-refractivity contribution in [2.75, 3.05) is 6.54 Å². The van der Waals surface area contributed by atoms with Gasteiger partial charge in [-0.1, -0.05) is 13.3 Å². The highest BCUT2D eigenvalue weighted by atomic mass is 14.5. The molecule has 1 heteroatoms. The average molecular weight is 153 g/mol. The first-order valence-electron chi connectivity index (χ1n) is 4.57. The summed E-state index contributed by atoms with van der Waals surface area (Å²) in [5.41, 5.74) is 5.35. The zero-order chi connectivity index (χ0) is 8.36. The van der Waals surface area contributed by atoms with Crippen LogP contribution < -0.4 is 5.73 Å². The highest BCUT2D eigenvalue weighted by molar-refractivity contribution is 4.98. The Hall–Kier alpha value is -0.480. The Morgan fingerprint density at radius 3 is 2.36 bits per heavy atom. The molecular formula is C10H19N. The van der Waals surface area contributed by atoms with Crippen molar-refractivity contribution in [2.24, 2.45) is 5.73 Å². The van der Waals surface area contributed by atoms with Crippen LogP contribution in [0.1, 0.15) is 45.4 Å². The van der Waals surface area contributed by atoms with Gasteiger partial charge in [0.2, 0.25) is 0 Å². The fourth-order valence-electron chi connectivity index (χ4n) is 0.836. The Kier molecular flexibility index (Phi) is 9.10. The summed E-state index contributed by atoms with van der Waals surface area (Å²) < 4.78 is 0. The van der Waals surface area contributed by atoms with Crippen molar-refractivity contribution in [1.29, 1.82) is 0 Å². The van der Waals surface area contributed by atoms with Gasteiger partial charge in [0.1, 0.15) is 0 Å². The molecule has 0 aliphatic heterocycles. The Morgan fingerprint density at radius 2 is 1.73 bits per heavy atom. The first-order valence-corrected chi connectivity index (χ1v) is 4.57. The second-order valence-electron chi connectivity index (χ2n) is 2.70. The Balaban J connectivity index is 2.96. The van der Waals surface area contributed by atoms with Crippen molar-refractivity contribution in [1.82, 2.24) is 0 Å². The molecule has 0 radical (unpaired) electrons. The van der Waals surface area contributed by atoms with Crippen LogP contribution in [0.5, 0.6) is 0 Å². The van der Waals surface area contributed by atoms with Crippen molar-refractivity contribution in [2.45, 2.75) is 45.4 Å². The first kappa shape index (κ1) is 10.5. The topological polar surface area (TPSA) is 26.0 Å². The van der Waals surface area contributed by atoms with E-state index >= 15 is 0 Å². The van der Waals surface area contributed by atoms with Gasteiger partial charge in [-0.2, -0.15) is 0 Å². The molecular weight excluding hydrogens is 134 g/mol. The zero-order valence-corrected chi connectivity index (χ0v) is 7.53. The van der Waals surface area contributed by atoms with Crippen LogP contribution in [-0.2, 0) is 0 Å². The molecule has 0 saturated heterocycles. The molecule has 0 fully saturated rings. The highest BCUT2D eigenvalue weighted by Gasteiger charge is 1.83. The summed E-state index contributed by atoms with van der Waals surface area (Å²) in [4.78, 5) is 0. The lowest BCUT2D eigenvalue weighted by Gasteiger charge is -1.91. The molecule has 1 nitrogen and oxygen atoms in total. The highest BCUT2D eigenvalue weighted by Crippen LogP contribution is 1.96. The number of rotatable bonds is 5. The van der Waals surface area contributed by atoms with Crippen LogP contribution in [0.4, 0.5) is 0 Å². The molecule has 0 amide bonds. The molecule has 0 aliphatic carbocycles. The minimum atomic E-state index is 0.822. The second kappa shape index (κ2) is 9.52. The van der Waals surface area contributed by atoms with Gasteiger partial charge in [0.25, 0.3) is 0 Å². The molecule has 0 spiro atoms. The van der Waals surface area contributed by atoms with Crippen LogP contribution in [0.3, 0.4) is 0 Å². The van der Waals surface area contributed by atoms with Crippen molar-refractivity contribution < 1.29 is 0 Å². The standard InChI is InChI=1S/C10H19N/c1-2-3-4-5-6-7-8-9-10-11/h2-3,6-11H2,1H3. The summed E-state index contributed by atoms with van der Waals surface area (Å²) in [6, 6.07) is 0. The summed E-state index contributed by atoms with van der Waals surface area (Å²) in [5.74, 6) is 6.29. The first-order chi connectivity index (χ1) is 5.41. The van der Waals surface area contributed by atoms with Gasteiger partial charge in [-0.3, -0.25) is 0 Å². The van der Waals surface area contributed by atoms with Crippen LogP contribution in [0, 0.1) is 11.8 Å². The van der Waals surface area contributed by atoms with E-state index in [1.807, 2.05) is 0 Å². The fraction of sp³-hybridized carbons (Fsp3) is 0.800. The van der Waals surface area contributed by atoms with E-state index in [1.54, 1.807) is 0 Å². The molecule has 0 rings (SSSR count). The van der Waals surface area contributed by atoms with Gasteiger partial charge in [-0.25, -0.2) is 0 Å². The fourth-order valence-corrected chi connectivity index (χ4v) is 0.836. The van der Waals surface area contributed by atoms with Gasteiger partial charge >= 0.3 is 0 Å². The molecule has 64 valence electrons. The third-order valence-electron chi connectivity index (χ3n) is 1.51. The summed E-state index contributed by atoms with van der Waals surface area (Å²) in [7, 11) is 0. The quantitative estimate of drug-likeness (QED) is 0.476. The molecule has 0 bridgehead atoms. The van der Waals surface area contributed by atoms with Gasteiger partial charge in [0.15, 0.2) is 0 Å². The average Bonchev–Trinajstić information content (AvgIpc) is 2.03. The van der Waals surface area contributed by atoms with E-state index in [0.29, 0.717) is 0 Å². The van der Waals surface area contributed by atoms with Crippen LogP contribution >= 0.6 is 0 Å². The van der Waals surface area contributed by atoms with Crippen LogP contribution in [0.25, 0.3) is 0 Å². The molecule has 0 aromatic carbocycles. The van der Waals surface area contributed by atoms with Crippen LogP contribution in [-0.4, -0.2) is 6.54 Å². The normalized spacial score (nSPS) is 8.91. The lowest BCUT2D eigenvalue weighted by Crippen LogP contribution is -1.97. The Bertz CT molecular complexity index is 119. The number of unbranched alkanes of at least 4 members (excludes halogenated alkanes) is 4. The summed E-state index contributed by atoms with van der Waals surface area (Å²) in [5, 5.41) is 0. The van der Waals surface area contributed by atoms with Crippen LogP contribution in [0.15, 0.2) is 0 Å². The van der Waals surface area contributed by atoms with Gasteiger partial charge in [-0.05, 0) is 25.8 Å². The van der Waals surface area contributed by atoms with E-state index in [-0.39, 0.29) is 0 Å². The van der Waals surface area contributed by atoms with Gasteiger partial charge in [0.05, 0.1) is 0 Å². The van der Waals surface area contributed by atoms with E-state index in [2.05, 4.69) is 18.8 Å². The molecule has 0 atom stereocenters. The van der Waals surface area contributed by atoms with Crippen molar-refractivity contribution in [3.8, 4) is 11.8 Å². The van der Waals surface area contributed by atoms with Crippen molar-refractivity contribution in [3.05, 3.63) is 0 Å². The maximum absolute atomic E-state index is 5.35. The van der Waals surface area contributed by atoms with E-state index in [9.17, 15) is 0 Å². The van der Waals surface area contributed by atoms with Gasteiger partial charge in [0, 0.05) is 12.8 Å². The molecule has 0 aromatic rings. The lowest BCUT2D eigenvalue weighted by molar-refractivity contribution is 0.701. The molecule has 0 heterocycles. The molecule has 0 saturated carbocycles. The molecule has 0 aliphatic rings. The van der Waals surface area contributed by atoms with Crippen molar-refractivity contribution >= 4 is 0 Å². The predicted octanol–water partition coefficient (Wildman–Crippen LogP) is 2.31. The minimum absolute atomic E-state index is 0.822. The summed E-state index contributed by atoms with van der Waals surface area (Å²) in [6.07, 6.45) is 6.88. The third kappa shape index (κ3) is 9.52. The Labute approximate surface area is 70.4 Å². The molecule has 0 aromatic heterocycles. The van der Waals surface area contributed by atoms with E-state index in [1.165, 1.54) is 19.3 Å². The van der Waals surface area contributed by atoms with E-state index in [4.69, 9.17) is 5.73 Å². The van der Waals surface area contributed by atoms with E-state index < -0.39 is 0 Å². The monoisotopic (exact) mass is 153 g/mol. The van der Waals surface area contributed by atoms with E-state index in [0.717, 1.165) is 25.8 Å². The number of hydrogen-bond donors (Lipinski definition) is 1. The van der Waals surface area contributed by atoms with Crippen molar-refractivity contribution in [3.63, 3.8) is 0 Å². The number of hydrogen-bond acceptors (Lipinski definition) is 1. The maximum atomic E-state index is 5.35. The minimum Gasteiger partial charge on any atom is -0.330 e. The third-order valence-corrected chi connectivity index (χ3v) is 1.51. The summed E-state index contributed by atoms with van der Waals surface area (Å²) >= 11 is 0. The lowest BCUT2D eigenvalue weighted by atomic mass is 10.2. The Morgan fingerprint density at radius 1 is 1.00 bits per heavy atom. The molecule has 2 N–H and O–H groups in total. The van der Waals surface area contributed by atoms with Gasteiger partial charge < -0.3 is 5.73 Å². The number of nitrogens with two attached hydrogens (primary N) is 1. The predicted molar refractivity (Wildman–Crippen MR) is 50.2 cm³/mol.